The van der Waals surface area contributed by atoms with Crippen LogP contribution in [0, 0.1) is 6.92 Å². The first kappa shape index (κ1) is 14.1. The normalized spacial score (nSPS) is 11.0. The molecule has 0 atom stereocenters. The van der Waals surface area contributed by atoms with Crippen LogP contribution in [0.4, 0.5) is 0 Å². The van der Waals surface area contributed by atoms with Gasteiger partial charge in [-0.15, -0.1) is 11.3 Å². The van der Waals surface area contributed by atoms with E-state index in [2.05, 4.69) is 58.0 Å². The Hall–Kier alpha value is -1.28. The molecule has 0 saturated carbocycles. The highest BCUT2D eigenvalue weighted by molar-refractivity contribution is 7.11. The fourth-order valence-electron chi connectivity index (χ4n) is 1.97. The molecule has 102 valence electrons. The Morgan fingerprint density at radius 3 is 2.47 bits per heavy atom. The molecule has 0 aliphatic carbocycles. The molecule has 0 bridgehead atoms. The van der Waals surface area contributed by atoms with Crippen molar-refractivity contribution in [2.75, 3.05) is 0 Å². The van der Waals surface area contributed by atoms with Crippen LogP contribution in [0.15, 0.2) is 30.3 Å². The Kier molecular flexibility index (Phi) is 4.65. The Bertz CT molecular complexity index is 540. The molecule has 2 heteroatoms. The number of thiophene rings is 1. The zero-order chi connectivity index (χ0) is 13.8. The number of hydrogen-bond acceptors (Lipinski definition) is 2. The van der Waals surface area contributed by atoms with Crippen LogP contribution in [0.25, 0.3) is 0 Å². The van der Waals surface area contributed by atoms with Crippen LogP contribution in [-0.2, 0) is 13.0 Å². The van der Waals surface area contributed by atoms with E-state index in [0.29, 0.717) is 12.5 Å². The molecular weight excluding hydrogens is 252 g/mol. The van der Waals surface area contributed by atoms with E-state index >= 15 is 0 Å². The van der Waals surface area contributed by atoms with Crippen molar-refractivity contribution >= 4 is 11.3 Å². The third-order valence-corrected chi connectivity index (χ3v) is 4.52. The van der Waals surface area contributed by atoms with Gasteiger partial charge in [0.25, 0.3) is 0 Å². The fourth-order valence-corrected chi connectivity index (χ4v) is 2.84. The Morgan fingerprint density at radius 2 is 1.84 bits per heavy atom. The summed E-state index contributed by atoms with van der Waals surface area (Å²) in [5, 5.41) is 0. The molecule has 0 saturated heterocycles. The van der Waals surface area contributed by atoms with Gasteiger partial charge in [0.2, 0.25) is 0 Å². The van der Waals surface area contributed by atoms with Crippen molar-refractivity contribution in [3.8, 4) is 5.75 Å². The lowest BCUT2D eigenvalue weighted by molar-refractivity contribution is 0.307. The summed E-state index contributed by atoms with van der Waals surface area (Å²) in [5.74, 6) is 1.55. The van der Waals surface area contributed by atoms with Gasteiger partial charge in [-0.25, -0.2) is 0 Å². The summed E-state index contributed by atoms with van der Waals surface area (Å²) < 4.78 is 5.98. The predicted octanol–water partition coefficient (Wildman–Crippen LogP) is 5.32. The molecule has 0 N–H and O–H groups in total. The number of rotatable bonds is 5. The maximum absolute atomic E-state index is 5.98. The van der Waals surface area contributed by atoms with Crippen molar-refractivity contribution in [2.24, 2.45) is 0 Å². The molecule has 0 unspecified atom stereocenters. The van der Waals surface area contributed by atoms with Crippen molar-refractivity contribution in [1.82, 2.24) is 0 Å². The zero-order valence-electron chi connectivity index (χ0n) is 12.2. The van der Waals surface area contributed by atoms with Gasteiger partial charge in [0.15, 0.2) is 0 Å². The van der Waals surface area contributed by atoms with Crippen LogP contribution in [0.3, 0.4) is 0 Å². The second kappa shape index (κ2) is 6.25. The second-order valence-corrected chi connectivity index (χ2v) is 6.44. The summed E-state index contributed by atoms with van der Waals surface area (Å²) >= 11 is 1.84. The summed E-state index contributed by atoms with van der Waals surface area (Å²) in [6.45, 7) is 9.38. The Labute approximate surface area is 120 Å². The fraction of sp³-hybridized carbons (Fsp3) is 0.412. The Balaban J connectivity index is 2.08. The molecule has 1 heterocycles. The lowest BCUT2D eigenvalue weighted by Crippen LogP contribution is -1.97. The van der Waals surface area contributed by atoms with Crippen molar-refractivity contribution < 1.29 is 4.74 Å². The highest BCUT2D eigenvalue weighted by Gasteiger charge is 2.06. The number of ether oxygens (including phenoxy) is 1. The highest BCUT2D eigenvalue weighted by Crippen LogP contribution is 2.26. The molecule has 2 aromatic rings. The predicted molar refractivity (Wildman–Crippen MR) is 83.3 cm³/mol. The third-order valence-electron chi connectivity index (χ3n) is 3.31. The minimum absolute atomic E-state index is 0.538. The maximum atomic E-state index is 5.98. The minimum Gasteiger partial charge on any atom is -0.488 e. The van der Waals surface area contributed by atoms with Gasteiger partial charge < -0.3 is 4.74 Å². The van der Waals surface area contributed by atoms with E-state index in [1.54, 1.807) is 0 Å². The molecule has 0 spiro atoms. The summed E-state index contributed by atoms with van der Waals surface area (Å²) in [4.78, 5) is 2.72. The molecular formula is C17H22OS. The summed E-state index contributed by atoms with van der Waals surface area (Å²) in [7, 11) is 0. The maximum Gasteiger partial charge on any atom is 0.123 e. The number of benzene rings is 1. The topological polar surface area (TPSA) is 9.23 Å². The van der Waals surface area contributed by atoms with Crippen molar-refractivity contribution in [2.45, 2.75) is 46.6 Å². The van der Waals surface area contributed by atoms with Gasteiger partial charge in [-0.05, 0) is 48.6 Å². The first-order valence-electron chi connectivity index (χ1n) is 6.91. The molecule has 2 rings (SSSR count). The third kappa shape index (κ3) is 3.60. The first-order chi connectivity index (χ1) is 9.10. The van der Waals surface area contributed by atoms with Crippen LogP contribution < -0.4 is 4.74 Å². The summed E-state index contributed by atoms with van der Waals surface area (Å²) in [6, 6.07) is 10.9. The molecule has 0 radical (unpaired) electrons. The van der Waals surface area contributed by atoms with E-state index in [9.17, 15) is 0 Å². The summed E-state index contributed by atoms with van der Waals surface area (Å²) in [6.07, 6.45) is 1.10. The van der Waals surface area contributed by atoms with Crippen molar-refractivity contribution in [3.05, 3.63) is 51.2 Å². The van der Waals surface area contributed by atoms with Crippen LogP contribution in [0.1, 0.15) is 47.6 Å². The molecule has 1 nitrogen and oxygen atoms in total. The molecule has 0 fully saturated rings. The first-order valence-corrected chi connectivity index (χ1v) is 7.72. The van der Waals surface area contributed by atoms with E-state index in [1.165, 1.54) is 20.9 Å². The van der Waals surface area contributed by atoms with E-state index < -0.39 is 0 Å². The van der Waals surface area contributed by atoms with E-state index in [4.69, 9.17) is 4.74 Å². The van der Waals surface area contributed by atoms with Gasteiger partial charge >= 0.3 is 0 Å². The lowest BCUT2D eigenvalue weighted by atomic mass is 10.0. The van der Waals surface area contributed by atoms with Crippen LogP contribution >= 0.6 is 11.3 Å². The smallest absolute Gasteiger partial charge is 0.123 e. The number of aryl methyl sites for hydroxylation is 2. The van der Waals surface area contributed by atoms with Gasteiger partial charge in [-0.2, -0.15) is 0 Å². The molecule has 19 heavy (non-hydrogen) atoms. The zero-order valence-corrected chi connectivity index (χ0v) is 13.0. The van der Waals surface area contributed by atoms with Gasteiger partial charge in [0.1, 0.15) is 12.4 Å². The van der Waals surface area contributed by atoms with Gasteiger partial charge in [-0.3, -0.25) is 0 Å². The average molecular weight is 274 g/mol. The van der Waals surface area contributed by atoms with Crippen LogP contribution in [0.2, 0.25) is 0 Å². The second-order valence-electron chi connectivity index (χ2n) is 5.19. The monoisotopic (exact) mass is 274 g/mol. The molecule has 0 aliphatic heterocycles. The molecule has 1 aromatic carbocycles. The quantitative estimate of drug-likeness (QED) is 0.717. The Morgan fingerprint density at radius 1 is 1.11 bits per heavy atom. The van der Waals surface area contributed by atoms with E-state index in [-0.39, 0.29) is 0 Å². The highest BCUT2D eigenvalue weighted by atomic mass is 32.1. The van der Waals surface area contributed by atoms with Crippen LogP contribution in [0.5, 0.6) is 5.75 Å². The lowest BCUT2D eigenvalue weighted by Gasteiger charge is -2.12. The number of hydrogen-bond donors (Lipinski definition) is 0. The van der Waals surface area contributed by atoms with Gasteiger partial charge in [-0.1, -0.05) is 32.9 Å². The molecule has 0 aliphatic rings. The van der Waals surface area contributed by atoms with E-state index in [0.717, 1.165) is 12.2 Å². The van der Waals surface area contributed by atoms with Crippen LogP contribution in [-0.4, -0.2) is 0 Å². The minimum atomic E-state index is 0.538. The van der Waals surface area contributed by atoms with Gasteiger partial charge in [0.05, 0.1) is 0 Å². The van der Waals surface area contributed by atoms with Crippen molar-refractivity contribution in [3.63, 3.8) is 0 Å². The largest absolute Gasteiger partial charge is 0.488 e. The SMILES string of the molecule is CCc1ccc(COc2cc(C(C)C)ccc2C)s1. The standard InChI is InChI=1S/C17H22OS/c1-5-15-8-9-16(19-15)11-18-17-10-14(12(2)3)7-6-13(17)4/h6-10,12H,5,11H2,1-4H3. The van der Waals surface area contributed by atoms with Gasteiger partial charge in [0, 0.05) is 9.75 Å². The van der Waals surface area contributed by atoms with Crippen molar-refractivity contribution in [1.29, 1.82) is 0 Å². The van der Waals surface area contributed by atoms with E-state index in [1.807, 2.05) is 11.3 Å². The summed E-state index contributed by atoms with van der Waals surface area (Å²) in [5.41, 5.74) is 2.54. The molecule has 1 aromatic heterocycles. The molecule has 0 amide bonds. The average Bonchev–Trinajstić information content (AvgIpc) is 2.85.